The summed E-state index contributed by atoms with van der Waals surface area (Å²) in [4.78, 5) is 0. The monoisotopic (exact) mass is 310 g/mol. The van der Waals surface area contributed by atoms with Crippen molar-refractivity contribution in [3.05, 3.63) is 33.8 Å². The molecule has 0 bridgehead atoms. The quantitative estimate of drug-likeness (QED) is 0.657. The second-order valence-electron chi connectivity index (χ2n) is 3.35. The molecule has 0 amide bonds. The van der Waals surface area contributed by atoms with Crippen LogP contribution in [0.4, 0.5) is 8.78 Å². The molecule has 1 unspecified atom stereocenters. The van der Waals surface area contributed by atoms with E-state index in [0.717, 1.165) is 18.2 Å². The highest BCUT2D eigenvalue weighted by Gasteiger charge is 2.19. The first-order chi connectivity index (χ1) is 7.57. The molecule has 0 aliphatic heterocycles. The predicted molar refractivity (Wildman–Crippen MR) is 66.6 cm³/mol. The molecule has 1 rings (SSSR count). The maximum absolute atomic E-state index is 13.6. The number of hydrogen-bond acceptors (Lipinski definition) is 2. The summed E-state index contributed by atoms with van der Waals surface area (Å²) >= 11 is 4.45. The fourth-order valence-corrected chi connectivity index (χ4v) is 2.46. The second-order valence-corrected chi connectivity index (χ2v) is 5.35. The predicted octanol–water partition coefficient (Wildman–Crippen LogP) is 3.90. The molecule has 16 heavy (non-hydrogen) atoms. The molecule has 0 radical (unpaired) electrons. The van der Waals surface area contributed by atoms with Gasteiger partial charge in [0, 0.05) is 5.75 Å². The Kier molecular flexibility index (Phi) is 5.72. The minimum absolute atomic E-state index is 0.170. The molecule has 1 N–H and O–H groups in total. The Balaban J connectivity index is 2.81. The van der Waals surface area contributed by atoms with E-state index in [0.29, 0.717) is 5.75 Å². The van der Waals surface area contributed by atoms with Crippen LogP contribution in [0, 0.1) is 11.6 Å². The number of hydrogen-bond donors (Lipinski definition) is 1. The van der Waals surface area contributed by atoms with Crippen LogP contribution in [0.5, 0.6) is 0 Å². The van der Waals surface area contributed by atoms with E-state index in [1.807, 2.05) is 6.92 Å². The maximum atomic E-state index is 13.6. The molecule has 5 heteroatoms. The number of thioether (sulfide) groups is 1. The molecule has 1 aromatic rings. The SMILES string of the molecule is CCCSCC(O)c1c(F)ccc(Br)c1F. The average Bonchev–Trinajstić information content (AvgIpc) is 2.24. The Morgan fingerprint density at radius 1 is 1.44 bits per heavy atom. The highest BCUT2D eigenvalue weighted by atomic mass is 79.9. The average molecular weight is 311 g/mol. The van der Waals surface area contributed by atoms with Gasteiger partial charge in [-0.1, -0.05) is 6.92 Å². The Bertz CT molecular complexity index is 360. The van der Waals surface area contributed by atoms with E-state index < -0.39 is 17.7 Å². The lowest BCUT2D eigenvalue weighted by molar-refractivity contribution is 0.193. The van der Waals surface area contributed by atoms with Crippen LogP contribution in [0.1, 0.15) is 25.0 Å². The Hall–Kier alpha value is -0.130. The Labute approximate surface area is 106 Å². The molecule has 0 spiro atoms. The van der Waals surface area contributed by atoms with Crippen molar-refractivity contribution in [2.45, 2.75) is 19.4 Å². The summed E-state index contributed by atoms with van der Waals surface area (Å²) in [7, 11) is 0. The van der Waals surface area contributed by atoms with E-state index in [2.05, 4.69) is 15.9 Å². The van der Waals surface area contributed by atoms with Gasteiger partial charge in [0.2, 0.25) is 0 Å². The molecule has 90 valence electrons. The lowest BCUT2D eigenvalue weighted by Crippen LogP contribution is -2.07. The molecule has 0 aromatic heterocycles. The van der Waals surface area contributed by atoms with Gasteiger partial charge in [-0.25, -0.2) is 8.78 Å². The van der Waals surface area contributed by atoms with Crippen molar-refractivity contribution in [3.63, 3.8) is 0 Å². The van der Waals surface area contributed by atoms with Crippen LogP contribution in [-0.2, 0) is 0 Å². The van der Waals surface area contributed by atoms with Crippen molar-refractivity contribution in [2.24, 2.45) is 0 Å². The van der Waals surface area contributed by atoms with Crippen molar-refractivity contribution in [1.82, 2.24) is 0 Å². The summed E-state index contributed by atoms with van der Waals surface area (Å²) in [5.74, 6) is -0.248. The molecular formula is C11H13BrF2OS. The van der Waals surface area contributed by atoms with Gasteiger partial charge in [0.05, 0.1) is 16.1 Å². The summed E-state index contributed by atoms with van der Waals surface area (Å²) < 4.78 is 27.1. The highest BCUT2D eigenvalue weighted by Crippen LogP contribution is 2.28. The number of halogens is 3. The van der Waals surface area contributed by atoms with Gasteiger partial charge < -0.3 is 5.11 Å². The molecule has 0 saturated carbocycles. The van der Waals surface area contributed by atoms with Crippen molar-refractivity contribution in [2.75, 3.05) is 11.5 Å². The number of aliphatic hydroxyl groups is 1. The summed E-state index contributed by atoms with van der Waals surface area (Å²) in [5, 5.41) is 9.71. The molecule has 0 heterocycles. The van der Waals surface area contributed by atoms with Gasteiger partial charge in [-0.05, 0) is 40.2 Å². The molecule has 0 aliphatic rings. The molecule has 1 nitrogen and oxygen atoms in total. The fourth-order valence-electron chi connectivity index (χ4n) is 1.27. The van der Waals surface area contributed by atoms with Gasteiger partial charge in [-0.2, -0.15) is 11.8 Å². The minimum atomic E-state index is -1.10. The number of rotatable bonds is 5. The zero-order valence-electron chi connectivity index (χ0n) is 8.84. The third kappa shape index (κ3) is 3.43. The van der Waals surface area contributed by atoms with Crippen LogP contribution < -0.4 is 0 Å². The van der Waals surface area contributed by atoms with E-state index in [-0.39, 0.29) is 10.0 Å². The zero-order chi connectivity index (χ0) is 12.1. The van der Waals surface area contributed by atoms with Crippen molar-refractivity contribution < 1.29 is 13.9 Å². The van der Waals surface area contributed by atoms with Crippen molar-refractivity contribution in [3.8, 4) is 0 Å². The highest BCUT2D eigenvalue weighted by molar-refractivity contribution is 9.10. The normalized spacial score (nSPS) is 12.8. The first kappa shape index (κ1) is 13.9. The van der Waals surface area contributed by atoms with Gasteiger partial charge in [-0.3, -0.25) is 0 Å². The van der Waals surface area contributed by atoms with E-state index in [4.69, 9.17) is 0 Å². The molecular weight excluding hydrogens is 298 g/mol. The largest absolute Gasteiger partial charge is 0.387 e. The summed E-state index contributed by atoms with van der Waals surface area (Å²) in [6, 6.07) is 2.44. The van der Waals surface area contributed by atoms with Crippen molar-refractivity contribution in [1.29, 1.82) is 0 Å². The molecule has 0 aliphatic carbocycles. The molecule has 0 fully saturated rings. The fraction of sp³-hybridized carbons (Fsp3) is 0.455. The lowest BCUT2D eigenvalue weighted by Gasteiger charge is -2.13. The van der Waals surface area contributed by atoms with E-state index >= 15 is 0 Å². The lowest BCUT2D eigenvalue weighted by atomic mass is 10.1. The molecule has 1 atom stereocenters. The van der Waals surface area contributed by atoms with Crippen LogP contribution in [0.25, 0.3) is 0 Å². The van der Waals surface area contributed by atoms with E-state index in [1.165, 1.54) is 17.8 Å². The van der Waals surface area contributed by atoms with Crippen LogP contribution in [0.2, 0.25) is 0 Å². The minimum Gasteiger partial charge on any atom is -0.387 e. The first-order valence-corrected chi connectivity index (χ1v) is 6.91. The third-order valence-electron chi connectivity index (χ3n) is 2.04. The van der Waals surface area contributed by atoms with Crippen LogP contribution >= 0.6 is 27.7 Å². The third-order valence-corrected chi connectivity index (χ3v) is 3.90. The molecule has 0 saturated heterocycles. The van der Waals surface area contributed by atoms with Gasteiger partial charge in [0.15, 0.2) is 0 Å². The van der Waals surface area contributed by atoms with Crippen LogP contribution in [0.3, 0.4) is 0 Å². The number of aliphatic hydroxyl groups excluding tert-OH is 1. The van der Waals surface area contributed by atoms with Gasteiger partial charge in [-0.15, -0.1) is 0 Å². The summed E-state index contributed by atoms with van der Waals surface area (Å²) in [6.07, 6.45) is -0.130. The maximum Gasteiger partial charge on any atom is 0.146 e. The zero-order valence-corrected chi connectivity index (χ0v) is 11.2. The van der Waals surface area contributed by atoms with E-state index in [9.17, 15) is 13.9 Å². The van der Waals surface area contributed by atoms with Gasteiger partial charge >= 0.3 is 0 Å². The van der Waals surface area contributed by atoms with Crippen LogP contribution in [-0.4, -0.2) is 16.6 Å². The summed E-state index contributed by atoms with van der Waals surface area (Å²) in [6.45, 7) is 2.01. The Morgan fingerprint density at radius 3 is 2.75 bits per heavy atom. The smallest absolute Gasteiger partial charge is 0.146 e. The van der Waals surface area contributed by atoms with Crippen molar-refractivity contribution >= 4 is 27.7 Å². The van der Waals surface area contributed by atoms with Crippen LogP contribution in [0.15, 0.2) is 16.6 Å². The second kappa shape index (κ2) is 6.57. The first-order valence-electron chi connectivity index (χ1n) is 4.97. The van der Waals surface area contributed by atoms with Gasteiger partial charge in [0.1, 0.15) is 11.6 Å². The Morgan fingerprint density at radius 2 is 2.12 bits per heavy atom. The number of benzene rings is 1. The van der Waals surface area contributed by atoms with Gasteiger partial charge in [0.25, 0.3) is 0 Å². The van der Waals surface area contributed by atoms with E-state index in [1.54, 1.807) is 0 Å². The summed E-state index contributed by atoms with van der Waals surface area (Å²) in [5.41, 5.74) is -0.252. The standard InChI is InChI=1S/C11H13BrF2OS/c1-2-5-16-6-9(15)10-8(13)4-3-7(12)11(10)14/h3-4,9,15H,2,5-6H2,1H3. The topological polar surface area (TPSA) is 20.2 Å². The molecule has 1 aromatic carbocycles.